The molecule has 1 heterocycles. The number of halogens is 2. The Hall–Kier alpha value is -1.37. The van der Waals surface area contributed by atoms with Gasteiger partial charge in [0, 0.05) is 20.1 Å². The summed E-state index contributed by atoms with van der Waals surface area (Å²) in [6, 6.07) is 1.72. The maximum Gasteiger partial charge on any atom is 0.326 e. The lowest BCUT2D eigenvalue weighted by Crippen LogP contribution is -2.41. The van der Waals surface area contributed by atoms with Crippen LogP contribution in [-0.4, -0.2) is 41.7 Å². The first-order valence-electron chi connectivity index (χ1n) is 5.30. The molecular formula is C11H12Cl2N2O4. The quantitative estimate of drug-likeness (QED) is 0.779. The molecule has 104 valence electrons. The first kappa shape index (κ1) is 15.7. The molecule has 1 aromatic rings. The smallest absolute Gasteiger partial charge is 0.326 e. The van der Waals surface area contributed by atoms with Gasteiger partial charge >= 0.3 is 5.97 Å². The average Bonchev–Trinajstić information content (AvgIpc) is 2.33. The van der Waals surface area contributed by atoms with Crippen molar-refractivity contribution in [3.8, 4) is 0 Å². The summed E-state index contributed by atoms with van der Waals surface area (Å²) in [4.78, 5) is 26.6. The number of carboxylic acid groups (broad SMARTS) is 1. The minimum absolute atomic E-state index is 0.0646. The zero-order valence-corrected chi connectivity index (χ0v) is 11.5. The molecule has 1 unspecified atom stereocenters. The van der Waals surface area contributed by atoms with E-state index in [-0.39, 0.29) is 28.9 Å². The van der Waals surface area contributed by atoms with Gasteiger partial charge in [0.1, 0.15) is 16.3 Å². The molecule has 1 atom stereocenters. The SMILES string of the molecule is COCCC(NC(=O)c1ccc(Cl)nc1Cl)C(=O)O. The third-order valence-electron chi connectivity index (χ3n) is 2.27. The van der Waals surface area contributed by atoms with Crippen molar-refractivity contribution in [2.45, 2.75) is 12.5 Å². The van der Waals surface area contributed by atoms with Crippen LogP contribution in [0.4, 0.5) is 0 Å². The summed E-state index contributed by atoms with van der Waals surface area (Å²) in [5.41, 5.74) is 0.0646. The topological polar surface area (TPSA) is 88.5 Å². The Morgan fingerprint density at radius 2 is 2.16 bits per heavy atom. The van der Waals surface area contributed by atoms with Crippen LogP contribution in [0.15, 0.2) is 12.1 Å². The average molecular weight is 307 g/mol. The van der Waals surface area contributed by atoms with Crippen LogP contribution < -0.4 is 5.32 Å². The first-order chi connectivity index (χ1) is 8.95. The molecule has 0 aliphatic rings. The molecule has 0 fully saturated rings. The van der Waals surface area contributed by atoms with E-state index in [1.165, 1.54) is 19.2 Å². The molecule has 2 N–H and O–H groups in total. The van der Waals surface area contributed by atoms with Gasteiger partial charge in [0.2, 0.25) is 0 Å². The minimum atomic E-state index is -1.15. The lowest BCUT2D eigenvalue weighted by Gasteiger charge is -2.14. The van der Waals surface area contributed by atoms with Gasteiger partial charge in [-0.25, -0.2) is 9.78 Å². The van der Waals surface area contributed by atoms with E-state index in [9.17, 15) is 9.59 Å². The number of ether oxygens (including phenoxy) is 1. The summed E-state index contributed by atoms with van der Waals surface area (Å²) in [6.07, 6.45) is 0.149. The molecule has 1 rings (SSSR count). The number of carboxylic acids is 1. The highest BCUT2D eigenvalue weighted by Crippen LogP contribution is 2.16. The Balaban J connectivity index is 2.78. The summed E-state index contributed by atoms with van der Waals surface area (Å²) in [5, 5.41) is 11.4. The number of carbonyl (C=O) groups excluding carboxylic acids is 1. The normalized spacial score (nSPS) is 11.9. The number of aromatic nitrogens is 1. The van der Waals surface area contributed by atoms with E-state index in [1.54, 1.807) is 0 Å². The number of hydrogen-bond acceptors (Lipinski definition) is 4. The summed E-state index contributed by atoms with van der Waals surface area (Å²) in [7, 11) is 1.45. The highest BCUT2D eigenvalue weighted by Gasteiger charge is 2.22. The fourth-order valence-electron chi connectivity index (χ4n) is 1.31. The van der Waals surface area contributed by atoms with Gasteiger partial charge in [0.05, 0.1) is 5.56 Å². The van der Waals surface area contributed by atoms with Crippen molar-refractivity contribution in [2.24, 2.45) is 0 Å². The molecule has 8 heteroatoms. The van der Waals surface area contributed by atoms with Crippen LogP contribution in [0.1, 0.15) is 16.8 Å². The molecule has 0 aromatic carbocycles. The summed E-state index contributed by atoms with van der Waals surface area (Å²) in [6.45, 7) is 0.212. The Morgan fingerprint density at radius 3 is 2.68 bits per heavy atom. The molecule has 6 nitrogen and oxygen atoms in total. The lowest BCUT2D eigenvalue weighted by atomic mass is 10.2. The van der Waals surface area contributed by atoms with Gasteiger partial charge in [0.15, 0.2) is 0 Å². The Morgan fingerprint density at radius 1 is 1.47 bits per heavy atom. The van der Waals surface area contributed by atoms with Gasteiger partial charge in [-0.2, -0.15) is 0 Å². The number of methoxy groups -OCH3 is 1. The monoisotopic (exact) mass is 306 g/mol. The zero-order chi connectivity index (χ0) is 14.4. The van der Waals surface area contributed by atoms with E-state index in [2.05, 4.69) is 10.3 Å². The molecular weight excluding hydrogens is 295 g/mol. The molecule has 0 saturated carbocycles. The lowest BCUT2D eigenvalue weighted by molar-refractivity contribution is -0.139. The summed E-state index contributed by atoms with van der Waals surface area (Å²) >= 11 is 11.4. The number of pyridine rings is 1. The molecule has 0 radical (unpaired) electrons. The fraction of sp³-hybridized carbons (Fsp3) is 0.364. The van der Waals surface area contributed by atoms with Gasteiger partial charge in [-0.15, -0.1) is 0 Å². The molecule has 0 saturated heterocycles. The third kappa shape index (κ3) is 4.66. The van der Waals surface area contributed by atoms with Crippen molar-refractivity contribution >= 4 is 35.1 Å². The van der Waals surface area contributed by atoms with E-state index < -0.39 is 17.9 Å². The predicted octanol–water partition coefficient (Wildman–Crippen LogP) is 1.61. The van der Waals surface area contributed by atoms with E-state index in [0.717, 1.165) is 0 Å². The molecule has 0 spiro atoms. The Bertz CT molecular complexity index is 482. The highest BCUT2D eigenvalue weighted by atomic mass is 35.5. The van der Waals surface area contributed by atoms with Crippen LogP contribution in [0.5, 0.6) is 0 Å². The number of nitrogens with one attached hydrogen (secondary N) is 1. The second-order valence-corrected chi connectivity index (χ2v) is 4.36. The predicted molar refractivity (Wildman–Crippen MR) is 69.6 cm³/mol. The Labute approximate surface area is 119 Å². The molecule has 0 bridgehead atoms. The van der Waals surface area contributed by atoms with Crippen molar-refractivity contribution in [3.63, 3.8) is 0 Å². The third-order valence-corrected chi connectivity index (χ3v) is 2.77. The number of rotatable bonds is 6. The van der Waals surface area contributed by atoms with E-state index in [1.807, 2.05) is 0 Å². The van der Waals surface area contributed by atoms with Crippen molar-refractivity contribution in [3.05, 3.63) is 28.0 Å². The largest absolute Gasteiger partial charge is 0.480 e. The second kappa shape index (κ2) is 7.28. The van der Waals surface area contributed by atoms with Crippen LogP contribution in [0.25, 0.3) is 0 Å². The number of hydrogen-bond donors (Lipinski definition) is 2. The molecule has 1 aromatic heterocycles. The minimum Gasteiger partial charge on any atom is -0.480 e. The van der Waals surface area contributed by atoms with Crippen molar-refractivity contribution in [1.29, 1.82) is 0 Å². The van der Waals surface area contributed by atoms with Crippen molar-refractivity contribution < 1.29 is 19.4 Å². The second-order valence-electron chi connectivity index (χ2n) is 3.62. The van der Waals surface area contributed by atoms with Crippen LogP contribution in [0, 0.1) is 0 Å². The van der Waals surface area contributed by atoms with Gasteiger partial charge < -0.3 is 15.2 Å². The zero-order valence-electron chi connectivity index (χ0n) is 10.0. The van der Waals surface area contributed by atoms with Crippen LogP contribution in [-0.2, 0) is 9.53 Å². The molecule has 0 aliphatic heterocycles. The highest BCUT2D eigenvalue weighted by molar-refractivity contribution is 6.34. The van der Waals surface area contributed by atoms with Crippen molar-refractivity contribution in [1.82, 2.24) is 10.3 Å². The number of nitrogens with zero attached hydrogens (tertiary/aromatic N) is 1. The van der Waals surface area contributed by atoms with Gasteiger partial charge in [-0.1, -0.05) is 23.2 Å². The van der Waals surface area contributed by atoms with E-state index >= 15 is 0 Å². The van der Waals surface area contributed by atoms with Crippen molar-refractivity contribution in [2.75, 3.05) is 13.7 Å². The van der Waals surface area contributed by atoms with Gasteiger partial charge in [0.25, 0.3) is 5.91 Å². The number of aliphatic carboxylic acids is 1. The first-order valence-corrected chi connectivity index (χ1v) is 6.06. The van der Waals surface area contributed by atoms with Gasteiger partial charge in [-0.05, 0) is 12.1 Å². The molecule has 0 aliphatic carbocycles. The number of carbonyl (C=O) groups is 2. The maximum absolute atomic E-state index is 11.9. The van der Waals surface area contributed by atoms with Gasteiger partial charge in [-0.3, -0.25) is 4.79 Å². The standard InChI is InChI=1S/C11H12Cl2N2O4/c1-19-5-4-7(11(17)18)14-10(16)6-2-3-8(12)15-9(6)13/h2-3,7H,4-5H2,1H3,(H,14,16)(H,17,18). The van der Waals surface area contributed by atoms with E-state index in [0.29, 0.717) is 0 Å². The number of amides is 1. The maximum atomic E-state index is 11.9. The fourth-order valence-corrected chi connectivity index (χ4v) is 1.74. The van der Waals surface area contributed by atoms with Crippen LogP contribution in [0.2, 0.25) is 10.3 Å². The van der Waals surface area contributed by atoms with Crippen LogP contribution >= 0.6 is 23.2 Å². The summed E-state index contributed by atoms with van der Waals surface area (Å²) < 4.78 is 4.78. The molecule has 1 amide bonds. The molecule has 19 heavy (non-hydrogen) atoms. The summed E-state index contributed by atoms with van der Waals surface area (Å²) in [5.74, 6) is -1.78. The van der Waals surface area contributed by atoms with Crippen LogP contribution in [0.3, 0.4) is 0 Å². The van der Waals surface area contributed by atoms with E-state index in [4.69, 9.17) is 33.0 Å². The Kier molecular flexibility index (Phi) is 6.01.